The van der Waals surface area contributed by atoms with E-state index in [-0.39, 0.29) is 0 Å². The zero-order valence-corrected chi connectivity index (χ0v) is 9.01. The summed E-state index contributed by atoms with van der Waals surface area (Å²) in [5.74, 6) is 0. The molecule has 2 aromatic rings. The molecule has 0 fully saturated rings. The molecule has 0 spiro atoms. The van der Waals surface area contributed by atoms with E-state index in [0.29, 0.717) is 17.1 Å². The number of nitrogens with two attached hydrogens (primary N) is 2. The van der Waals surface area contributed by atoms with E-state index in [1.165, 1.54) is 0 Å². The zero-order valence-electron chi connectivity index (χ0n) is 9.01. The molecule has 4 heteroatoms. The Kier molecular flexibility index (Phi) is 1.86. The van der Waals surface area contributed by atoms with E-state index >= 15 is 0 Å². The van der Waals surface area contributed by atoms with Crippen LogP contribution in [-0.2, 0) is 0 Å². The van der Waals surface area contributed by atoms with Crippen LogP contribution in [0.5, 0.6) is 0 Å². The molecule has 1 aliphatic rings. The number of hydrogen-bond acceptors (Lipinski definition) is 4. The second-order valence-corrected chi connectivity index (χ2v) is 4.02. The number of benzene rings is 2. The highest BCUT2D eigenvalue weighted by atomic mass is 16.4. The quantitative estimate of drug-likeness (QED) is 0.311. The third-order valence-electron chi connectivity index (χ3n) is 3.05. The largest absolute Gasteiger partial charge is 0.410 e. The summed E-state index contributed by atoms with van der Waals surface area (Å²) in [6, 6.07) is 11.3. The maximum atomic E-state index is 9.14. The molecule has 0 saturated carbocycles. The lowest BCUT2D eigenvalue weighted by atomic mass is 10.0. The molecule has 1 aliphatic carbocycles. The summed E-state index contributed by atoms with van der Waals surface area (Å²) in [5, 5.41) is 12.5. The summed E-state index contributed by atoms with van der Waals surface area (Å²) in [4.78, 5) is 0. The molecule has 0 heterocycles. The van der Waals surface area contributed by atoms with Crippen LogP contribution in [0.15, 0.2) is 41.6 Å². The molecule has 0 unspecified atom stereocenters. The van der Waals surface area contributed by atoms with E-state index in [1.54, 1.807) is 6.07 Å². The molecular formula is C13H11N3O. The van der Waals surface area contributed by atoms with Gasteiger partial charge in [-0.05, 0) is 23.3 Å². The van der Waals surface area contributed by atoms with Crippen molar-refractivity contribution in [2.45, 2.75) is 0 Å². The third-order valence-corrected chi connectivity index (χ3v) is 3.05. The maximum Gasteiger partial charge on any atom is 0.118 e. The number of hydrogen-bond donors (Lipinski definition) is 3. The van der Waals surface area contributed by atoms with Gasteiger partial charge in [0.1, 0.15) is 5.71 Å². The van der Waals surface area contributed by atoms with Gasteiger partial charge < -0.3 is 16.7 Å². The van der Waals surface area contributed by atoms with Gasteiger partial charge >= 0.3 is 0 Å². The van der Waals surface area contributed by atoms with Crippen molar-refractivity contribution in [3.63, 3.8) is 0 Å². The van der Waals surface area contributed by atoms with Crippen molar-refractivity contribution in [3.05, 3.63) is 47.5 Å². The molecule has 0 atom stereocenters. The average Bonchev–Trinajstić information content (AvgIpc) is 2.63. The first-order valence-electron chi connectivity index (χ1n) is 5.23. The van der Waals surface area contributed by atoms with Crippen LogP contribution in [0.2, 0.25) is 0 Å². The van der Waals surface area contributed by atoms with E-state index in [1.807, 2.05) is 30.3 Å². The fraction of sp³-hybridized carbons (Fsp3) is 0. The lowest BCUT2D eigenvalue weighted by molar-refractivity contribution is 0.320. The Hall–Kier alpha value is -2.49. The maximum absolute atomic E-state index is 9.14. The predicted octanol–water partition coefficient (Wildman–Crippen LogP) is 2.06. The zero-order chi connectivity index (χ0) is 12.0. The molecule has 0 saturated heterocycles. The van der Waals surface area contributed by atoms with Gasteiger partial charge in [-0.3, -0.25) is 0 Å². The van der Waals surface area contributed by atoms with E-state index < -0.39 is 0 Å². The minimum Gasteiger partial charge on any atom is -0.410 e. The minimum atomic E-state index is 0.498. The third kappa shape index (κ3) is 1.21. The van der Waals surface area contributed by atoms with Crippen LogP contribution in [-0.4, -0.2) is 10.9 Å². The molecule has 2 aromatic carbocycles. The van der Waals surface area contributed by atoms with Crippen molar-refractivity contribution in [1.29, 1.82) is 0 Å². The number of rotatable bonds is 0. The molecule has 3 rings (SSSR count). The van der Waals surface area contributed by atoms with Gasteiger partial charge in [0.05, 0.1) is 11.4 Å². The SMILES string of the molecule is Nc1cc2c(cc1N)-c1ccccc1C2=NO. The molecule has 4 nitrogen and oxygen atoms in total. The fourth-order valence-corrected chi connectivity index (χ4v) is 2.23. The summed E-state index contributed by atoms with van der Waals surface area (Å²) in [6.45, 7) is 0. The van der Waals surface area contributed by atoms with Gasteiger partial charge in [-0.25, -0.2) is 0 Å². The predicted molar refractivity (Wildman–Crippen MR) is 68.1 cm³/mol. The standard InChI is InChI=1S/C13H11N3O/c14-11-5-9-7-3-1-2-4-8(7)13(16-17)10(9)6-12(11)15/h1-6,17H,14-15H2. The van der Waals surface area contributed by atoms with Crippen LogP contribution in [0.3, 0.4) is 0 Å². The van der Waals surface area contributed by atoms with Crippen molar-refractivity contribution in [3.8, 4) is 11.1 Å². The van der Waals surface area contributed by atoms with Crippen molar-refractivity contribution in [2.24, 2.45) is 5.16 Å². The summed E-state index contributed by atoms with van der Waals surface area (Å²) < 4.78 is 0. The Balaban J connectivity index is 2.40. The van der Waals surface area contributed by atoms with Gasteiger partial charge in [0.25, 0.3) is 0 Å². The Labute approximate surface area is 98.2 Å². The molecule has 0 radical (unpaired) electrons. The van der Waals surface area contributed by atoms with Crippen LogP contribution >= 0.6 is 0 Å². The Bertz CT molecular complexity index is 647. The number of nitrogen functional groups attached to an aromatic ring is 2. The first-order chi connectivity index (χ1) is 8.22. The lowest BCUT2D eigenvalue weighted by Gasteiger charge is -2.04. The van der Waals surface area contributed by atoms with Gasteiger partial charge in [-0.1, -0.05) is 29.4 Å². The smallest absolute Gasteiger partial charge is 0.118 e. The first-order valence-corrected chi connectivity index (χ1v) is 5.23. The molecule has 0 aromatic heterocycles. The van der Waals surface area contributed by atoms with Crippen LogP contribution in [0.1, 0.15) is 11.1 Å². The van der Waals surface area contributed by atoms with Gasteiger partial charge in [0.2, 0.25) is 0 Å². The number of fused-ring (bicyclic) bond motifs is 3. The van der Waals surface area contributed by atoms with Crippen molar-refractivity contribution >= 4 is 17.1 Å². The Morgan fingerprint density at radius 3 is 2.06 bits per heavy atom. The molecule has 84 valence electrons. The summed E-state index contributed by atoms with van der Waals surface area (Å²) in [5.41, 5.74) is 16.9. The highest BCUT2D eigenvalue weighted by Crippen LogP contribution is 2.39. The molecular weight excluding hydrogens is 214 g/mol. The van der Waals surface area contributed by atoms with Crippen LogP contribution in [0.4, 0.5) is 11.4 Å². The van der Waals surface area contributed by atoms with Crippen LogP contribution < -0.4 is 11.5 Å². The molecule has 0 bridgehead atoms. The van der Waals surface area contributed by atoms with E-state index in [0.717, 1.165) is 22.3 Å². The van der Waals surface area contributed by atoms with Crippen molar-refractivity contribution in [2.75, 3.05) is 11.5 Å². The minimum absolute atomic E-state index is 0.498. The number of nitrogens with zero attached hydrogens (tertiary/aromatic N) is 1. The Morgan fingerprint density at radius 2 is 1.41 bits per heavy atom. The molecule has 0 amide bonds. The summed E-state index contributed by atoms with van der Waals surface area (Å²) >= 11 is 0. The Morgan fingerprint density at radius 1 is 0.824 bits per heavy atom. The topological polar surface area (TPSA) is 84.6 Å². The monoisotopic (exact) mass is 225 g/mol. The molecule has 0 aliphatic heterocycles. The lowest BCUT2D eigenvalue weighted by Crippen LogP contribution is -2.01. The van der Waals surface area contributed by atoms with E-state index in [9.17, 15) is 0 Å². The van der Waals surface area contributed by atoms with Gasteiger partial charge in [-0.2, -0.15) is 0 Å². The average molecular weight is 225 g/mol. The van der Waals surface area contributed by atoms with Gasteiger partial charge in [0, 0.05) is 11.1 Å². The molecule has 17 heavy (non-hydrogen) atoms. The first kappa shape index (κ1) is 9.72. The van der Waals surface area contributed by atoms with Crippen molar-refractivity contribution in [1.82, 2.24) is 0 Å². The van der Waals surface area contributed by atoms with E-state index in [2.05, 4.69) is 5.16 Å². The van der Waals surface area contributed by atoms with E-state index in [4.69, 9.17) is 16.7 Å². The normalized spacial score (nSPS) is 14.7. The van der Waals surface area contributed by atoms with Crippen LogP contribution in [0.25, 0.3) is 11.1 Å². The second-order valence-electron chi connectivity index (χ2n) is 4.02. The highest BCUT2D eigenvalue weighted by molar-refractivity contribution is 6.25. The fourth-order valence-electron chi connectivity index (χ4n) is 2.23. The van der Waals surface area contributed by atoms with Crippen molar-refractivity contribution < 1.29 is 5.21 Å². The second kappa shape index (κ2) is 3.25. The van der Waals surface area contributed by atoms with Crippen LogP contribution in [0, 0.1) is 0 Å². The summed E-state index contributed by atoms with van der Waals surface area (Å²) in [7, 11) is 0. The van der Waals surface area contributed by atoms with Gasteiger partial charge in [0.15, 0.2) is 0 Å². The van der Waals surface area contributed by atoms with Gasteiger partial charge in [-0.15, -0.1) is 0 Å². The molecule has 5 N–H and O–H groups in total. The summed E-state index contributed by atoms with van der Waals surface area (Å²) in [6.07, 6.45) is 0. The number of oxime groups is 1. The highest BCUT2D eigenvalue weighted by Gasteiger charge is 2.25. The number of anilines is 2.